The number of ether oxygens (including phenoxy) is 1. The second-order valence-electron chi connectivity index (χ2n) is 5.36. The summed E-state index contributed by atoms with van der Waals surface area (Å²) in [5.41, 5.74) is -4.18. The highest BCUT2D eigenvalue weighted by Gasteiger charge is 2.34. The fourth-order valence-electron chi connectivity index (χ4n) is 2.41. The summed E-state index contributed by atoms with van der Waals surface area (Å²) in [6, 6.07) is 1.42. The van der Waals surface area contributed by atoms with E-state index in [2.05, 4.69) is 11.6 Å². The summed E-state index contributed by atoms with van der Waals surface area (Å²) < 4.78 is 43.8. The minimum atomic E-state index is -4.91. The van der Waals surface area contributed by atoms with E-state index in [0.717, 1.165) is 0 Å². The number of hydrogen-bond acceptors (Lipinski definition) is 5. The van der Waals surface area contributed by atoms with Crippen LogP contribution in [0.2, 0.25) is 5.02 Å². The highest BCUT2D eigenvalue weighted by Crippen LogP contribution is 2.34. The lowest BCUT2D eigenvalue weighted by atomic mass is 10.3. The number of hydrogen-bond donors (Lipinski definition) is 1. The Labute approximate surface area is 153 Å². The Morgan fingerprint density at radius 1 is 1.30 bits per heavy atom. The zero-order valence-electron chi connectivity index (χ0n) is 13.3. The van der Waals surface area contributed by atoms with Crippen LogP contribution in [-0.4, -0.2) is 33.6 Å². The van der Waals surface area contributed by atoms with E-state index in [0.29, 0.717) is 4.57 Å². The maximum atomic E-state index is 12.7. The van der Waals surface area contributed by atoms with Crippen molar-refractivity contribution in [3.63, 3.8) is 0 Å². The van der Waals surface area contributed by atoms with Gasteiger partial charge in [0.1, 0.15) is 5.69 Å². The molecular formula is C15H10ClF3N4O4. The molecule has 1 N–H and O–H groups in total. The van der Waals surface area contributed by atoms with Gasteiger partial charge in [-0.3, -0.25) is 14.5 Å². The Balaban J connectivity index is 2.22. The standard InChI is InChI=1S/C15H10ClF3N4O4/c1-2-3-22-11(25)6-27-8-4-7(16)12(21-13(8)22)23-10(24)5-9(15(17,18)19)20-14(23)26/h2,4-5H,1,3,6H2,(H,20,26). The van der Waals surface area contributed by atoms with Gasteiger partial charge in [0.2, 0.25) is 0 Å². The van der Waals surface area contributed by atoms with Gasteiger partial charge < -0.3 is 9.72 Å². The Morgan fingerprint density at radius 3 is 2.59 bits per heavy atom. The number of H-pyrrole nitrogens is 1. The van der Waals surface area contributed by atoms with E-state index in [1.54, 1.807) is 4.98 Å². The molecule has 2 aromatic heterocycles. The molecule has 0 bridgehead atoms. The monoisotopic (exact) mass is 402 g/mol. The van der Waals surface area contributed by atoms with Crippen LogP contribution in [0.15, 0.2) is 34.4 Å². The van der Waals surface area contributed by atoms with Crippen LogP contribution in [0.3, 0.4) is 0 Å². The van der Waals surface area contributed by atoms with Gasteiger partial charge in [0.05, 0.1) is 5.02 Å². The van der Waals surface area contributed by atoms with Gasteiger partial charge in [-0.2, -0.15) is 13.2 Å². The molecule has 27 heavy (non-hydrogen) atoms. The number of nitrogens with zero attached hydrogens (tertiary/aromatic N) is 3. The zero-order valence-corrected chi connectivity index (χ0v) is 14.1. The summed E-state index contributed by atoms with van der Waals surface area (Å²) in [5, 5.41) is -0.228. The molecule has 0 radical (unpaired) electrons. The van der Waals surface area contributed by atoms with Gasteiger partial charge >= 0.3 is 11.9 Å². The molecule has 3 heterocycles. The SMILES string of the molecule is C=CCN1C(=O)COc2cc(Cl)c(-n3c(=O)cc(C(F)(F)F)[nH]c3=O)nc21. The van der Waals surface area contributed by atoms with Gasteiger partial charge in [0.15, 0.2) is 24.0 Å². The third kappa shape index (κ3) is 3.33. The molecule has 0 fully saturated rings. The quantitative estimate of drug-likeness (QED) is 0.785. The van der Waals surface area contributed by atoms with Gasteiger partial charge in [-0.25, -0.2) is 14.3 Å². The van der Waals surface area contributed by atoms with Crippen molar-refractivity contribution in [1.82, 2.24) is 14.5 Å². The van der Waals surface area contributed by atoms with Crippen molar-refractivity contribution < 1.29 is 22.7 Å². The Hall–Kier alpha value is -3.08. The molecule has 1 aliphatic rings. The second kappa shape index (κ2) is 6.58. The summed E-state index contributed by atoms with van der Waals surface area (Å²) >= 11 is 6.03. The van der Waals surface area contributed by atoms with Crippen LogP contribution >= 0.6 is 11.6 Å². The van der Waals surface area contributed by atoms with Crippen LogP contribution in [0.1, 0.15) is 5.69 Å². The Morgan fingerprint density at radius 2 is 2.00 bits per heavy atom. The second-order valence-corrected chi connectivity index (χ2v) is 5.76. The van der Waals surface area contributed by atoms with Crippen LogP contribution < -0.4 is 20.9 Å². The maximum absolute atomic E-state index is 12.7. The molecule has 0 aromatic carbocycles. The van der Waals surface area contributed by atoms with Gasteiger partial charge in [0.25, 0.3) is 11.5 Å². The topological polar surface area (TPSA) is 97.3 Å². The third-order valence-corrected chi connectivity index (χ3v) is 3.85. The van der Waals surface area contributed by atoms with Crippen molar-refractivity contribution in [1.29, 1.82) is 0 Å². The number of pyridine rings is 1. The lowest BCUT2D eigenvalue weighted by molar-refractivity contribution is -0.141. The lowest BCUT2D eigenvalue weighted by Crippen LogP contribution is -2.41. The summed E-state index contributed by atoms with van der Waals surface area (Å²) in [4.78, 5) is 42.9. The molecule has 8 nitrogen and oxygen atoms in total. The molecule has 1 amide bonds. The predicted molar refractivity (Wildman–Crippen MR) is 88.5 cm³/mol. The number of nitrogens with one attached hydrogen (secondary N) is 1. The third-order valence-electron chi connectivity index (χ3n) is 3.57. The van der Waals surface area contributed by atoms with Crippen molar-refractivity contribution in [3.8, 4) is 11.6 Å². The van der Waals surface area contributed by atoms with Crippen LogP contribution in [0.5, 0.6) is 5.75 Å². The first-order valence-electron chi connectivity index (χ1n) is 7.32. The molecule has 3 rings (SSSR count). The number of fused-ring (bicyclic) bond motifs is 1. The number of carbonyl (C=O) groups excluding carboxylic acids is 1. The highest BCUT2D eigenvalue weighted by molar-refractivity contribution is 6.32. The minimum absolute atomic E-state index is 0.0447. The van der Waals surface area contributed by atoms with E-state index in [9.17, 15) is 27.6 Å². The smallest absolute Gasteiger partial charge is 0.431 e. The molecule has 0 aliphatic carbocycles. The van der Waals surface area contributed by atoms with Crippen molar-refractivity contribution in [2.24, 2.45) is 0 Å². The van der Waals surface area contributed by atoms with Crippen LogP contribution in [0.4, 0.5) is 19.0 Å². The fraction of sp³-hybridized carbons (Fsp3) is 0.200. The number of anilines is 1. The highest BCUT2D eigenvalue weighted by atomic mass is 35.5. The molecular weight excluding hydrogens is 393 g/mol. The van der Waals surface area contributed by atoms with E-state index in [1.807, 2.05) is 0 Å². The number of amides is 1. The van der Waals surface area contributed by atoms with Crippen molar-refractivity contribution >= 4 is 23.3 Å². The molecule has 0 spiro atoms. The normalized spacial score (nSPS) is 13.9. The van der Waals surface area contributed by atoms with Gasteiger partial charge in [-0.1, -0.05) is 17.7 Å². The molecule has 0 saturated carbocycles. The van der Waals surface area contributed by atoms with Crippen molar-refractivity contribution in [2.45, 2.75) is 6.18 Å². The van der Waals surface area contributed by atoms with E-state index in [4.69, 9.17) is 16.3 Å². The van der Waals surface area contributed by atoms with E-state index >= 15 is 0 Å². The van der Waals surface area contributed by atoms with E-state index in [-0.39, 0.29) is 35.8 Å². The van der Waals surface area contributed by atoms with Gasteiger partial charge in [-0.05, 0) is 0 Å². The molecule has 1 aliphatic heterocycles. The van der Waals surface area contributed by atoms with Gasteiger partial charge in [0, 0.05) is 18.7 Å². The van der Waals surface area contributed by atoms with Gasteiger partial charge in [-0.15, -0.1) is 6.58 Å². The summed E-state index contributed by atoms with van der Waals surface area (Å²) in [6.07, 6.45) is -3.49. The number of carbonyl (C=O) groups is 1. The van der Waals surface area contributed by atoms with Crippen LogP contribution in [0, 0.1) is 0 Å². The number of rotatable bonds is 3. The molecule has 0 atom stereocenters. The summed E-state index contributed by atoms with van der Waals surface area (Å²) in [5.74, 6) is -0.835. The molecule has 2 aromatic rings. The summed E-state index contributed by atoms with van der Waals surface area (Å²) in [7, 11) is 0. The van der Waals surface area contributed by atoms with E-state index in [1.165, 1.54) is 17.0 Å². The minimum Gasteiger partial charge on any atom is -0.480 e. The van der Waals surface area contributed by atoms with E-state index < -0.39 is 34.8 Å². The molecule has 0 saturated heterocycles. The summed E-state index contributed by atoms with van der Waals surface area (Å²) in [6.45, 7) is 3.29. The van der Waals surface area contributed by atoms with Crippen molar-refractivity contribution in [3.05, 3.63) is 56.3 Å². The first-order valence-corrected chi connectivity index (χ1v) is 7.70. The zero-order chi connectivity index (χ0) is 19.9. The molecule has 0 unspecified atom stereocenters. The number of aromatic amines is 1. The maximum Gasteiger partial charge on any atom is 0.431 e. The first kappa shape index (κ1) is 18.7. The largest absolute Gasteiger partial charge is 0.480 e. The average molecular weight is 403 g/mol. The lowest BCUT2D eigenvalue weighted by Gasteiger charge is -2.28. The Kier molecular flexibility index (Phi) is 4.56. The van der Waals surface area contributed by atoms with Crippen LogP contribution in [0.25, 0.3) is 5.82 Å². The molecule has 142 valence electrons. The van der Waals surface area contributed by atoms with Crippen LogP contribution in [-0.2, 0) is 11.0 Å². The first-order chi connectivity index (χ1) is 12.6. The Bertz CT molecular complexity index is 1030. The fourth-order valence-corrected chi connectivity index (χ4v) is 2.64. The number of aromatic nitrogens is 3. The number of halogens is 4. The van der Waals surface area contributed by atoms with Crippen molar-refractivity contribution in [2.75, 3.05) is 18.1 Å². The number of alkyl halides is 3. The molecule has 12 heteroatoms. The predicted octanol–water partition coefficient (Wildman–Crippen LogP) is 1.50. The average Bonchev–Trinajstić information content (AvgIpc) is 2.57.